The maximum absolute atomic E-state index is 12.4. The lowest BCUT2D eigenvalue weighted by Gasteiger charge is -2.27. The molecule has 150 valence electrons. The van der Waals surface area contributed by atoms with Crippen LogP contribution in [0.1, 0.15) is 11.1 Å². The average Bonchev–Trinajstić information content (AvgIpc) is 3.06. The van der Waals surface area contributed by atoms with E-state index >= 15 is 0 Å². The van der Waals surface area contributed by atoms with Crippen LogP contribution in [-0.2, 0) is 9.59 Å². The zero-order chi connectivity index (χ0) is 21.1. The first-order chi connectivity index (χ1) is 14.5. The minimum atomic E-state index is -0.409. The van der Waals surface area contributed by atoms with E-state index < -0.39 is 5.91 Å². The van der Waals surface area contributed by atoms with Crippen molar-refractivity contribution < 1.29 is 19.1 Å². The summed E-state index contributed by atoms with van der Waals surface area (Å²) in [5, 5.41) is 1.85. The third-order valence-electron chi connectivity index (χ3n) is 4.43. The second kappa shape index (κ2) is 8.69. The van der Waals surface area contributed by atoms with E-state index in [1.807, 2.05) is 24.3 Å². The van der Waals surface area contributed by atoms with Crippen LogP contribution in [-0.4, -0.2) is 36.5 Å². The van der Waals surface area contributed by atoms with Crippen LogP contribution >= 0.6 is 23.5 Å². The number of imide groups is 1. The molecule has 0 atom stereocenters. The molecule has 0 spiro atoms. The van der Waals surface area contributed by atoms with Gasteiger partial charge < -0.3 is 4.74 Å². The van der Waals surface area contributed by atoms with Crippen molar-refractivity contribution in [2.24, 2.45) is 0 Å². The number of rotatable bonds is 3. The normalized spacial score (nSPS) is 16.8. The molecule has 1 N–H and O–H groups in total. The fraction of sp³-hybridized carbons (Fsp3) is 0.136. The molecule has 0 radical (unpaired) electrons. The Morgan fingerprint density at radius 3 is 2.80 bits per heavy atom. The Labute approximate surface area is 182 Å². The molecule has 0 saturated carbocycles. The van der Waals surface area contributed by atoms with Crippen LogP contribution in [0.3, 0.4) is 0 Å². The molecule has 4 rings (SSSR count). The zero-order valence-electron chi connectivity index (χ0n) is 15.9. The zero-order valence-corrected chi connectivity index (χ0v) is 17.6. The fourth-order valence-corrected chi connectivity index (χ4v) is 4.64. The molecule has 2 aromatic carbocycles. The predicted molar refractivity (Wildman–Crippen MR) is 118 cm³/mol. The molecule has 6 nitrogen and oxygen atoms in total. The summed E-state index contributed by atoms with van der Waals surface area (Å²) in [5.74, 6) is 6.72. The Kier molecular flexibility index (Phi) is 5.84. The van der Waals surface area contributed by atoms with Crippen LogP contribution in [0.15, 0.2) is 52.3 Å². The van der Waals surface area contributed by atoms with Gasteiger partial charge in [-0.2, -0.15) is 0 Å². The van der Waals surface area contributed by atoms with Crippen molar-refractivity contribution in [3.63, 3.8) is 0 Å². The summed E-state index contributed by atoms with van der Waals surface area (Å²) in [6.45, 7) is 0.262. The maximum Gasteiger partial charge on any atom is 0.290 e. The van der Waals surface area contributed by atoms with Gasteiger partial charge in [-0.25, -0.2) is 0 Å². The van der Waals surface area contributed by atoms with Gasteiger partial charge in [0.05, 0.1) is 35.6 Å². The minimum absolute atomic E-state index is 0.0207. The standard InChI is InChI=1S/C22H16N2O4S2/c1-28-17-9-8-14(12-19-21(26)23-22(27)30-19)11-15(17)5-4-10-24-16-6-2-3-7-18(16)29-13-20(24)25/h2-3,6-9,11-12H,10,13H2,1H3,(H,23,26,27)/b19-12-. The lowest BCUT2D eigenvalue weighted by atomic mass is 10.1. The summed E-state index contributed by atoms with van der Waals surface area (Å²) >= 11 is 2.39. The highest BCUT2D eigenvalue weighted by molar-refractivity contribution is 8.18. The Hall–Kier alpha value is -3.15. The second-order valence-electron chi connectivity index (χ2n) is 6.35. The summed E-state index contributed by atoms with van der Waals surface area (Å²) < 4.78 is 5.38. The molecule has 30 heavy (non-hydrogen) atoms. The SMILES string of the molecule is COc1ccc(/C=C2\SC(=O)NC2=O)cc1C#CCN1C(=O)CSc2ccccc21. The minimum Gasteiger partial charge on any atom is -0.495 e. The fourth-order valence-electron chi connectivity index (χ4n) is 3.03. The van der Waals surface area contributed by atoms with Crippen molar-refractivity contribution in [1.29, 1.82) is 0 Å². The van der Waals surface area contributed by atoms with E-state index in [0.717, 1.165) is 27.9 Å². The molecule has 0 bridgehead atoms. The van der Waals surface area contributed by atoms with Gasteiger partial charge >= 0.3 is 0 Å². The first kappa shape index (κ1) is 20.1. The van der Waals surface area contributed by atoms with Crippen LogP contribution in [0.5, 0.6) is 5.75 Å². The number of benzene rings is 2. The average molecular weight is 437 g/mol. The number of carbonyl (C=O) groups excluding carboxylic acids is 3. The smallest absolute Gasteiger partial charge is 0.290 e. The van der Waals surface area contributed by atoms with Gasteiger partial charge in [0.1, 0.15) is 5.75 Å². The molecular formula is C22H16N2O4S2. The lowest BCUT2D eigenvalue weighted by Crippen LogP contribution is -2.35. The van der Waals surface area contributed by atoms with Gasteiger partial charge in [-0.3, -0.25) is 24.6 Å². The Morgan fingerprint density at radius 2 is 2.03 bits per heavy atom. The predicted octanol–water partition coefficient (Wildman–Crippen LogP) is 3.51. The number of carbonyl (C=O) groups is 3. The number of nitrogens with one attached hydrogen (secondary N) is 1. The molecule has 2 aliphatic heterocycles. The van der Waals surface area contributed by atoms with Crippen molar-refractivity contribution in [1.82, 2.24) is 5.32 Å². The molecule has 2 aromatic rings. The summed E-state index contributed by atoms with van der Waals surface area (Å²) in [4.78, 5) is 38.5. The van der Waals surface area contributed by atoms with Crippen molar-refractivity contribution in [3.8, 4) is 17.6 Å². The van der Waals surface area contributed by atoms with Crippen LogP contribution in [0.2, 0.25) is 0 Å². The monoisotopic (exact) mass is 436 g/mol. The van der Waals surface area contributed by atoms with Crippen molar-refractivity contribution in [2.75, 3.05) is 24.3 Å². The van der Waals surface area contributed by atoms with E-state index in [1.54, 1.807) is 36.3 Å². The molecule has 8 heteroatoms. The third-order valence-corrected chi connectivity index (χ3v) is 6.29. The number of fused-ring (bicyclic) bond motifs is 1. The van der Waals surface area contributed by atoms with E-state index in [2.05, 4.69) is 17.2 Å². The highest BCUT2D eigenvalue weighted by Crippen LogP contribution is 2.34. The largest absolute Gasteiger partial charge is 0.495 e. The van der Waals surface area contributed by atoms with Crippen LogP contribution < -0.4 is 15.0 Å². The van der Waals surface area contributed by atoms with Gasteiger partial charge in [-0.1, -0.05) is 30.0 Å². The molecule has 0 aliphatic carbocycles. The molecule has 0 unspecified atom stereocenters. The maximum atomic E-state index is 12.4. The number of methoxy groups -OCH3 is 1. The topological polar surface area (TPSA) is 75.7 Å². The first-order valence-electron chi connectivity index (χ1n) is 8.99. The van der Waals surface area contributed by atoms with Gasteiger partial charge in [-0.05, 0) is 47.7 Å². The van der Waals surface area contributed by atoms with Gasteiger partial charge in [0, 0.05) is 4.90 Å². The quantitative estimate of drug-likeness (QED) is 0.586. The summed E-state index contributed by atoms with van der Waals surface area (Å²) in [7, 11) is 1.55. The molecule has 2 aliphatic rings. The van der Waals surface area contributed by atoms with E-state index in [-0.39, 0.29) is 17.7 Å². The molecule has 3 amide bonds. The molecule has 1 saturated heterocycles. The molecular weight excluding hydrogens is 420 g/mol. The third kappa shape index (κ3) is 4.22. The number of amides is 3. The number of para-hydroxylation sites is 1. The van der Waals surface area contributed by atoms with E-state index in [9.17, 15) is 14.4 Å². The molecule has 0 aromatic heterocycles. The van der Waals surface area contributed by atoms with Gasteiger partial charge in [0.15, 0.2) is 0 Å². The first-order valence-corrected chi connectivity index (χ1v) is 10.8. The number of nitrogens with zero attached hydrogens (tertiary/aromatic N) is 1. The Morgan fingerprint density at radius 1 is 1.20 bits per heavy atom. The van der Waals surface area contributed by atoms with Gasteiger partial charge in [0.2, 0.25) is 5.91 Å². The molecule has 1 fully saturated rings. The molecule has 2 heterocycles. The van der Waals surface area contributed by atoms with Crippen molar-refractivity contribution in [2.45, 2.75) is 4.90 Å². The summed E-state index contributed by atoms with van der Waals surface area (Å²) in [6.07, 6.45) is 1.64. The summed E-state index contributed by atoms with van der Waals surface area (Å²) in [6, 6.07) is 13.1. The second-order valence-corrected chi connectivity index (χ2v) is 8.38. The van der Waals surface area contributed by atoms with Crippen molar-refractivity contribution >= 4 is 52.3 Å². The van der Waals surface area contributed by atoms with Crippen LogP contribution in [0, 0.1) is 11.8 Å². The Balaban J connectivity index is 1.59. The highest BCUT2D eigenvalue weighted by atomic mass is 32.2. The number of hydrogen-bond acceptors (Lipinski definition) is 6. The van der Waals surface area contributed by atoms with Gasteiger partial charge in [-0.15, -0.1) is 11.8 Å². The van der Waals surface area contributed by atoms with E-state index in [4.69, 9.17) is 4.74 Å². The number of thioether (sulfide) groups is 2. The highest BCUT2D eigenvalue weighted by Gasteiger charge is 2.25. The van der Waals surface area contributed by atoms with E-state index in [0.29, 0.717) is 22.0 Å². The Bertz CT molecular complexity index is 1150. The summed E-state index contributed by atoms with van der Waals surface area (Å²) in [5.41, 5.74) is 2.23. The van der Waals surface area contributed by atoms with Crippen LogP contribution in [0.4, 0.5) is 10.5 Å². The number of anilines is 1. The van der Waals surface area contributed by atoms with Gasteiger partial charge in [0.25, 0.3) is 11.1 Å². The lowest BCUT2D eigenvalue weighted by molar-refractivity contribution is -0.116. The van der Waals surface area contributed by atoms with E-state index in [1.165, 1.54) is 11.8 Å². The number of ether oxygens (including phenoxy) is 1. The van der Waals surface area contributed by atoms with Crippen molar-refractivity contribution in [3.05, 3.63) is 58.5 Å². The van der Waals surface area contributed by atoms with Crippen LogP contribution in [0.25, 0.3) is 6.08 Å². The number of hydrogen-bond donors (Lipinski definition) is 1.